The zero-order valence-corrected chi connectivity index (χ0v) is 9.65. The van der Waals surface area contributed by atoms with Crippen molar-refractivity contribution in [1.29, 1.82) is 0 Å². The summed E-state index contributed by atoms with van der Waals surface area (Å²) in [6.07, 6.45) is 0.0631. The lowest BCUT2D eigenvalue weighted by atomic mass is 10.2. The van der Waals surface area contributed by atoms with E-state index in [1.165, 1.54) is 0 Å². The summed E-state index contributed by atoms with van der Waals surface area (Å²) < 4.78 is 24.0. The van der Waals surface area contributed by atoms with E-state index in [0.717, 1.165) is 0 Å². The monoisotopic (exact) mass is 241 g/mol. The average Bonchev–Trinajstić information content (AvgIpc) is 2.65. The van der Waals surface area contributed by atoms with E-state index in [1.807, 2.05) is 0 Å². The van der Waals surface area contributed by atoms with Crippen molar-refractivity contribution in [2.45, 2.75) is 23.5 Å². The first-order valence-electron chi connectivity index (χ1n) is 5.29. The molecule has 0 amide bonds. The van der Waals surface area contributed by atoms with Gasteiger partial charge in [-0.05, 0) is 25.1 Å². The SMILES string of the molecule is O=S(=O)(C[C@@H]1NCC[C@@H]1O)c1ccccc1. The summed E-state index contributed by atoms with van der Waals surface area (Å²) in [4.78, 5) is 0.316. The number of nitrogens with one attached hydrogen (secondary N) is 1. The van der Waals surface area contributed by atoms with Crippen LogP contribution >= 0.6 is 0 Å². The number of rotatable bonds is 3. The molecule has 1 aromatic carbocycles. The predicted molar refractivity (Wildman–Crippen MR) is 60.9 cm³/mol. The molecule has 0 saturated carbocycles. The smallest absolute Gasteiger partial charge is 0.180 e. The van der Waals surface area contributed by atoms with Gasteiger partial charge in [-0.1, -0.05) is 18.2 Å². The van der Waals surface area contributed by atoms with Crippen LogP contribution in [0, 0.1) is 0 Å². The Balaban J connectivity index is 2.15. The Morgan fingerprint density at radius 1 is 1.31 bits per heavy atom. The zero-order chi connectivity index (χ0) is 11.6. The molecule has 4 nitrogen and oxygen atoms in total. The van der Waals surface area contributed by atoms with Gasteiger partial charge in [-0.2, -0.15) is 0 Å². The fraction of sp³-hybridized carbons (Fsp3) is 0.455. The van der Waals surface area contributed by atoms with Crippen molar-refractivity contribution in [3.63, 3.8) is 0 Å². The molecule has 1 aliphatic rings. The molecule has 16 heavy (non-hydrogen) atoms. The van der Waals surface area contributed by atoms with Crippen molar-refractivity contribution >= 4 is 9.84 Å². The van der Waals surface area contributed by atoms with Crippen molar-refractivity contribution in [1.82, 2.24) is 5.32 Å². The molecule has 1 heterocycles. The van der Waals surface area contributed by atoms with Crippen LogP contribution in [-0.2, 0) is 9.84 Å². The highest BCUT2D eigenvalue weighted by Crippen LogP contribution is 2.15. The third kappa shape index (κ3) is 2.42. The Bertz CT molecular complexity index is 444. The van der Waals surface area contributed by atoms with Crippen molar-refractivity contribution in [3.05, 3.63) is 30.3 Å². The van der Waals surface area contributed by atoms with Gasteiger partial charge < -0.3 is 10.4 Å². The quantitative estimate of drug-likeness (QED) is 0.792. The van der Waals surface area contributed by atoms with Crippen LogP contribution in [-0.4, -0.2) is 38.0 Å². The molecule has 1 aliphatic heterocycles. The molecule has 0 radical (unpaired) electrons. The number of aliphatic hydroxyl groups excluding tert-OH is 1. The topological polar surface area (TPSA) is 66.4 Å². The van der Waals surface area contributed by atoms with Crippen LogP contribution in [0.5, 0.6) is 0 Å². The van der Waals surface area contributed by atoms with Crippen molar-refractivity contribution < 1.29 is 13.5 Å². The van der Waals surface area contributed by atoms with Gasteiger partial charge in [0.25, 0.3) is 0 Å². The molecule has 2 atom stereocenters. The van der Waals surface area contributed by atoms with Gasteiger partial charge in [0.15, 0.2) is 9.84 Å². The highest BCUT2D eigenvalue weighted by Gasteiger charge is 2.30. The van der Waals surface area contributed by atoms with Crippen LogP contribution in [0.25, 0.3) is 0 Å². The van der Waals surface area contributed by atoms with Gasteiger partial charge in [-0.25, -0.2) is 8.42 Å². The normalized spacial score (nSPS) is 25.8. The fourth-order valence-electron chi connectivity index (χ4n) is 1.88. The van der Waals surface area contributed by atoms with Gasteiger partial charge in [0, 0.05) is 6.04 Å². The summed E-state index contributed by atoms with van der Waals surface area (Å²) in [5, 5.41) is 12.6. The van der Waals surface area contributed by atoms with Gasteiger partial charge in [0.1, 0.15) is 0 Å². The molecule has 88 valence electrons. The predicted octanol–water partition coefficient (Wildman–Crippen LogP) is 0.183. The Labute approximate surface area is 95.2 Å². The Kier molecular flexibility index (Phi) is 3.28. The van der Waals surface area contributed by atoms with E-state index in [1.54, 1.807) is 30.3 Å². The molecule has 2 rings (SSSR count). The molecule has 0 aromatic heterocycles. The second kappa shape index (κ2) is 4.53. The molecule has 1 fully saturated rings. The Morgan fingerprint density at radius 2 is 2.00 bits per heavy atom. The molecule has 1 saturated heterocycles. The summed E-state index contributed by atoms with van der Waals surface area (Å²) >= 11 is 0. The van der Waals surface area contributed by atoms with Gasteiger partial charge in [-0.15, -0.1) is 0 Å². The first-order chi connectivity index (χ1) is 7.59. The van der Waals surface area contributed by atoms with E-state index < -0.39 is 15.9 Å². The van der Waals surface area contributed by atoms with Crippen molar-refractivity contribution in [3.8, 4) is 0 Å². The molecule has 0 spiro atoms. The molecule has 0 aliphatic carbocycles. The van der Waals surface area contributed by atoms with Crippen molar-refractivity contribution in [2.75, 3.05) is 12.3 Å². The Hall–Kier alpha value is -0.910. The van der Waals surface area contributed by atoms with Crippen LogP contribution in [0.15, 0.2) is 35.2 Å². The van der Waals surface area contributed by atoms with E-state index in [0.29, 0.717) is 17.9 Å². The highest BCUT2D eigenvalue weighted by atomic mass is 32.2. The molecular formula is C11H15NO3S. The second-order valence-electron chi connectivity index (χ2n) is 4.01. The van der Waals surface area contributed by atoms with E-state index in [2.05, 4.69) is 5.32 Å². The first kappa shape index (κ1) is 11.6. The lowest BCUT2D eigenvalue weighted by Gasteiger charge is -2.14. The summed E-state index contributed by atoms with van der Waals surface area (Å²) in [6, 6.07) is 8.00. The Morgan fingerprint density at radius 3 is 2.56 bits per heavy atom. The molecule has 0 unspecified atom stereocenters. The summed E-state index contributed by atoms with van der Waals surface area (Å²) in [7, 11) is -3.30. The lowest BCUT2D eigenvalue weighted by Crippen LogP contribution is -2.37. The minimum atomic E-state index is -3.30. The summed E-state index contributed by atoms with van der Waals surface area (Å²) in [6.45, 7) is 0.677. The van der Waals surface area contributed by atoms with Crippen LogP contribution < -0.4 is 5.32 Å². The van der Waals surface area contributed by atoms with Gasteiger partial charge in [-0.3, -0.25) is 0 Å². The van der Waals surface area contributed by atoms with E-state index in [-0.39, 0.29) is 11.8 Å². The largest absolute Gasteiger partial charge is 0.391 e. The van der Waals surface area contributed by atoms with Gasteiger partial charge in [0.2, 0.25) is 0 Å². The van der Waals surface area contributed by atoms with Crippen LogP contribution in [0.1, 0.15) is 6.42 Å². The highest BCUT2D eigenvalue weighted by molar-refractivity contribution is 7.91. The van der Waals surface area contributed by atoms with E-state index in [4.69, 9.17) is 0 Å². The molecule has 0 bridgehead atoms. The lowest BCUT2D eigenvalue weighted by molar-refractivity contribution is 0.167. The maximum atomic E-state index is 12.0. The van der Waals surface area contributed by atoms with Crippen molar-refractivity contribution in [2.24, 2.45) is 0 Å². The number of aliphatic hydroxyl groups is 1. The van der Waals surface area contributed by atoms with E-state index >= 15 is 0 Å². The number of hydrogen-bond donors (Lipinski definition) is 2. The molecule has 1 aromatic rings. The zero-order valence-electron chi connectivity index (χ0n) is 8.83. The average molecular weight is 241 g/mol. The molecule has 2 N–H and O–H groups in total. The number of sulfone groups is 1. The van der Waals surface area contributed by atoms with E-state index in [9.17, 15) is 13.5 Å². The fourth-order valence-corrected chi connectivity index (χ4v) is 3.46. The third-order valence-corrected chi connectivity index (χ3v) is 4.60. The summed E-state index contributed by atoms with van der Waals surface area (Å²) in [5.74, 6) is -0.0435. The van der Waals surface area contributed by atoms with Crippen LogP contribution in [0.4, 0.5) is 0 Å². The second-order valence-corrected chi connectivity index (χ2v) is 6.05. The van der Waals surface area contributed by atoms with Crippen LogP contribution in [0.3, 0.4) is 0 Å². The van der Waals surface area contributed by atoms with Crippen LogP contribution in [0.2, 0.25) is 0 Å². The molecular weight excluding hydrogens is 226 g/mol. The summed E-state index contributed by atoms with van der Waals surface area (Å²) in [5.41, 5.74) is 0. The molecule has 5 heteroatoms. The van der Waals surface area contributed by atoms with Gasteiger partial charge >= 0.3 is 0 Å². The first-order valence-corrected chi connectivity index (χ1v) is 6.94. The number of benzene rings is 1. The maximum absolute atomic E-state index is 12.0. The van der Waals surface area contributed by atoms with Gasteiger partial charge in [0.05, 0.1) is 16.8 Å². The minimum Gasteiger partial charge on any atom is -0.391 e. The maximum Gasteiger partial charge on any atom is 0.180 e. The standard InChI is InChI=1S/C11H15NO3S/c13-11-6-7-12-10(11)8-16(14,15)9-4-2-1-3-5-9/h1-5,10-13H,6-8H2/t10-,11-/m0/s1. The number of hydrogen-bond acceptors (Lipinski definition) is 4. The third-order valence-electron chi connectivity index (χ3n) is 2.81. The minimum absolute atomic E-state index is 0.0435.